The summed E-state index contributed by atoms with van der Waals surface area (Å²) in [5, 5.41) is 11.8. The molecule has 0 radical (unpaired) electrons. The fourth-order valence-electron chi connectivity index (χ4n) is 6.14. The van der Waals surface area contributed by atoms with Gasteiger partial charge in [0.05, 0.1) is 22.6 Å². The number of fused-ring (bicyclic) bond motifs is 5. The summed E-state index contributed by atoms with van der Waals surface area (Å²) in [5.74, 6) is -0.535. The van der Waals surface area contributed by atoms with Crippen LogP contribution in [0.15, 0.2) is 74.3 Å². The van der Waals surface area contributed by atoms with Gasteiger partial charge in [0.2, 0.25) is 5.36 Å². The number of allylic oxidation sites excluding steroid dienone is 1. The molecule has 7 nitrogen and oxygen atoms in total. The van der Waals surface area contributed by atoms with Gasteiger partial charge in [-0.2, -0.15) is 0 Å². The Bertz CT molecular complexity index is 2000. The monoisotopic (exact) mass is 535 g/mol. The first-order chi connectivity index (χ1) is 19.0. The fraction of sp³-hybridized carbons (Fsp3) is 0.242. The Morgan fingerprint density at radius 1 is 1.00 bits per heavy atom. The quantitative estimate of drug-likeness (QED) is 0.131. The smallest absolute Gasteiger partial charge is 0.348 e. The number of hydrogen-bond donors (Lipinski definition) is 1. The molecule has 6 rings (SSSR count). The van der Waals surface area contributed by atoms with E-state index in [0.29, 0.717) is 39.0 Å². The van der Waals surface area contributed by atoms with Crippen molar-refractivity contribution in [2.24, 2.45) is 0 Å². The van der Waals surface area contributed by atoms with Crippen molar-refractivity contribution in [3.05, 3.63) is 87.6 Å². The SMILES string of the molecule is CCN1c2cc3oc(=O)c4c(-c5ccccc5C(=O)O)c5ccc(=[N+](C)C)cc-5oc4c3cc2C(C)=CC1(C)C. The summed E-state index contributed by atoms with van der Waals surface area (Å²) >= 11 is 0. The van der Waals surface area contributed by atoms with Crippen molar-refractivity contribution in [1.82, 2.24) is 4.58 Å². The van der Waals surface area contributed by atoms with Crippen LogP contribution in [0.25, 0.3) is 50.0 Å². The van der Waals surface area contributed by atoms with Crippen molar-refractivity contribution in [3.8, 4) is 22.5 Å². The van der Waals surface area contributed by atoms with Gasteiger partial charge in [-0.05, 0) is 57.0 Å². The molecule has 7 heteroatoms. The average molecular weight is 536 g/mol. The molecule has 3 aliphatic rings. The Balaban J connectivity index is 1.83. The van der Waals surface area contributed by atoms with Crippen molar-refractivity contribution < 1.29 is 18.7 Å². The third kappa shape index (κ3) is 3.76. The fourth-order valence-corrected chi connectivity index (χ4v) is 6.14. The Hall–Kier alpha value is -4.65. The first-order valence-electron chi connectivity index (χ1n) is 13.3. The molecule has 2 aliphatic heterocycles. The van der Waals surface area contributed by atoms with Crippen LogP contribution in [-0.4, -0.2) is 37.3 Å². The molecule has 0 saturated heterocycles. The number of anilines is 1. The highest BCUT2D eigenvalue weighted by atomic mass is 16.4. The van der Waals surface area contributed by atoms with Crippen LogP contribution in [-0.2, 0) is 0 Å². The van der Waals surface area contributed by atoms with Gasteiger partial charge in [0, 0.05) is 41.1 Å². The topological polar surface area (TPSA) is 86.9 Å². The van der Waals surface area contributed by atoms with Crippen LogP contribution in [0.4, 0.5) is 5.69 Å². The van der Waals surface area contributed by atoms with Crippen LogP contribution < -0.4 is 20.5 Å². The molecule has 0 bridgehead atoms. The first-order valence-corrected chi connectivity index (χ1v) is 13.3. The maximum Gasteiger partial charge on any atom is 0.348 e. The lowest BCUT2D eigenvalue weighted by atomic mass is 9.87. The van der Waals surface area contributed by atoms with Crippen LogP contribution in [0.2, 0.25) is 0 Å². The van der Waals surface area contributed by atoms with Crippen LogP contribution in [0, 0.1) is 0 Å². The standard InChI is InChI=1S/C33H30N2O5/c1-7-35-25-16-27-24(15-23(25)18(2)17-33(35,3)4)30-29(32(38)40-27)28(20-10-8-9-11-21(20)31(36)37)22-13-12-19(34(5)6)14-26(22)39-30/h8-17H,7H2,1-6H3/p+1. The number of nitrogens with zero attached hydrogens (tertiary/aromatic N) is 2. The van der Waals surface area contributed by atoms with Gasteiger partial charge in [-0.25, -0.2) is 14.2 Å². The predicted octanol–water partition coefficient (Wildman–Crippen LogP) is 6.06. The van der Waals surface area contributed by atoms with Crippen LogP contribution >= 0.6 is 0 Å². The molecule has 40 heavy (non-hydrogen) atoms. The van der Waals surface area contributed by atoms with Gasteiger partial charge in [-0.1, -0.05) is 24.3 Å². The van der Waals surface area contributed by atoms with Crippen molar-refractivity contribution >= 4 is 39.2 Å². The van der Waals surface area contributed by atoms with Gasteiger partial charge in [-0.3, -0.25) is 0 Å². The molecule has 1 aromatic heterocycles. The summed E-state index contributed by atoms with van der Waals surface area (Å²) in [6.07, 6.45) is 2.25. The predicted molar refractivity (Wildman–Crippen MR) is 159 cm³/mol. The second-order valence-electron chi connectivity index (χ2n) is 11.1. The third-order valence-electron chi connectivity index (χ3n) is 7.91. The minimum Gasteiger partial charge on any atom is -0.478 e. The summed E-state index contributed by atoms with van der Waals surface area (Å²) < 4.78 is 14.5. The Morgan fingerprint density at radius 2 is 1.75 bits per heavy atom. The van der Waals surface area contributed by atoms with Crippen LogP contribution in [0.1, 0.15) is 43.6 Å². The van der Waals surface area contributed by atoms with Gasteiger partial charge in [0.25, 0.3) is 0 Å². The number of likely N-dealkylation sites (N-methyl/N-ethyl adjacent to an activating group) is 1. The highest BCUT2D eigenvalue weighted by Crippen LogP contribution is 2.45. The zero-order valence-corrected chi connectivity index (χ0v) is 23.5. The number of carboxylic acids is 1. The highest BCUT2D eigenvalue weighted by Gasteiger charge is 2.32. The van der Waals surface area contributed by atoms with Gasteiger partial charge in [0.15, 0.2) is 5.58 Å². The van der Waals surface area contributed by atoms with Crippen molar-refractivity contribution in [2.45, 2.75) is 33.2 Å². The Morgan fingerprint density at radius 3 is 2.45 bits per heavy atom. The number of benzene rings is 3. The van der Waals surface area contributed by atoms with E-state index in [0.717, 1.165) is 28.7 Å². The lowest BCUT2D eigenvalue weighted by Crippen LogP contribution is -2.44. The first kappa shape index (κ1) is 25.6. The molecule has 202 valence electrons. The summed E-state index contributed by atoms with van der Waals surface area (Å²) in [5.41, 5.74) is 4.80. The molecule has 0 saturated carbocycles. The molecule has 1 N–H and O–H groups in total. The summed E-state index contributed by atoms with van der Waals surface area (Å²) in [4.78, 5) is 28.4. The zero-order valence-electron chi connectivity index (χ0n) is 23.5. The largest absolute Gasteiger partial charge is 0.478 e. The minimum absolute atomic E-state index is 0.0949. The molecule has 0 fully saturated rings. The van der Waals surface area contributed by atoms with E-state index in [1.165, 1.54) is 0 Å². The van der Waals surface area contributed by atoms with Gasteiger partial charge < -0.3 is 18.8 Å². The molecule has 3 heterocycles. The molecule has 0 unspecified atom stereocenters. The average Bonchev–Trinajstić information content (AvgIpc) is 2.90. The number of aromatic carboxylic acids is 1. The maximum atomic E-state index is 13.8. The molecule has 3 aromatic rings. The van der Waals surface area contributed by atoms with Crippen molar-refractivity contribution in [2.75, 3.05) is 25.5 Å². The second kappa shape index (κ2) is 8.95. The Kier molecular flexibility index (Phi) is 5.73. The summed E-state index contributed by atoms with van der Waals surface area (Å²) in [6, 6.07) is 16.4. The zero-order chi connectivity index (χ0) is 28.5. The normalized spacial score (nSPS) is 14.4. The molecule has 0 spiro atoms. The van der Waals surface area contributed by atoms with Crippen molar-refractivity contribution in [3.63, 3.8) is 0 Å². The number of rotatable bonds is 3. The van der Waals surface area contributed by atoms with E-state index in [2.05, 4.69) is 38.7 Å². The summed E-state index contributed by atoms with van der Waals surface area (Å²) in [7, 11) is 3.88. The lowest BCUT2D eigenvalue weighted by molar-refractivity contribution is 0.0697. The minimum atomic E-state index is -1.08. The molecular weight excluding hydrogens is 504 g/mol. The third-order valence-corrected chi connectivity index (χ3v) is 7.91. The molecular formula is C33H31N2O5+. The van der Waals surface area contributed by atoms with Crippen molar-refractivity contribution in [1.29, 1.82) is 0 Å². The molecule has 0 amide bonds. The van der Waals surface area contributed by atoms with Gasteiger partial charge >= 0.3 is 11.6 Å². The molecule has 2 aromatic carbocycles. The molecule has 1 aliphatic carbocycles. The van der Waals surface area contributed by atoms with Crippen LogP contribution in [0.5, 0.6) is 0 Å². The second-order valence-corrected chi connectivity index (χ2v) is 11.1. The number of hydrogen-bond acceptors (Lipinski definition) is 5. The maximum absolute atomic E-state index is 13.8. The van der Waals surface area contributed by atoms with E-state index in [1.807, 2.05) is 49.0 Å². The lowest BCUT2D eigenvalue weighted by Gasteiger charge is -2.42. The van der Waals surface area contributed by atoms with E-state index >= 15 is 0 Å². The van der Waals surface area contributed by atoms with Gasteiger partial charge in [0.1, 0.15) is 30.8 Å². The Labute approximate surface area is 231 Å². The van der Waals surface area contributed by atoms with Crippen LogP contribution in [0.3, 0.4) is 0 Å². The number of carbonyl (C=O) groups is 1. The molecule has 0 atom stereocenters. The van der Waals surface area contributed by atoms with E-state index in [4.69, 9.17) is 8.83 Å². The van der Waals surface area contributed by atoms with E-state index in [1.54, 1.807) is 24.3 Å². The van der Waals surface area contributed by atoms with E-state index < -0.39 is 11.6 Å². The number of carboxylic acid groups (broad SMARTS) is 1. The summed E-state index contributed by atoms with van der Waals surface area (Å²) in [6.45, 7) is 9.31. The van der Waals surface area contributed by atoms with Gasteiger partial charge in [-0.15, -0.1) is 0 Å². The van der Waals surface area contributed by atoms with E-state index in [9.17, 15) is 14.7 Å². The van der Waals surface area contributed by atoms with E-state index in [-0.39, 0.29) is 16.5 Å². The highest BCUT2D eigenvalue weighted by molar-refractivity contribution is 6.13.